The second-order valence-electron chi connectivity index (χ2n) is 25.9. The fourth-order valence-corrected chi connectivity index (χ4v) is 15.2. The highest BCUT2D eigenvalue weighted by atomic mass is 33.1. The van der Waals surface area contributed by atoms with E-state index < -0.39 is 77.9 Å². The summed E-state index contributed by atoms with van der Waals surface area (Å²) in [4.78, 5) is 31.8. The summed E-state index contributed by atoms with van der Waals surface area (Å²) in [6, 6.07) is 26.5. The van der Waals surface area contributed by atoms with E-state index in [1.165, 1.54) is 70.2 Å². The van der Waals surface area contributed by atoms with Crippen LogP contribution in [0, 0.1) is 41.0 Å². The van der Waals surface area contributed by atoms with Gasteiger partial charge < -0.3 is 75.5 Å². The molecule has 2 fully saturated rings. The summed E-state index contributed by atoms with van der Waals surface area (Å²) in [6.07, 6.45) is 6.09. The number of hydrogen-bond acceptors (Lipinski definition) is 23. The second-order valence-corrected chi connectivity index (χ2v) is 28.6. The van der Waals surface area contributed by atoms with Crippen LogP contribution in [0.4, 0.5) is 23.2 Å². The van der Waals surface area contributed by atoms with Gasteiger partial charge in [0.25, 0.3) is 0 Å². The van der Waals surface area contributed by atoms with Crippen molar-refractivity contribution in [3.8, 4) is 61.8 Å². The predicted molar refractivity (Wildman–Crippen MR) is 401 cm³/mol. The Bertz CT molecular complexity index is 4920. The zero-order valence-corrected chi connectivity index (χ0v) is 60.6. The number of H-pyrrole nitrogens is 2. The van der Waals surface area contributed by atoms with Crippen molar-refractivity contribution in [2.24, 2.45) is 37.0 Å². The van der Waals surface area contributed by atoms with Gasteiger partial charge in [-0.1, -0.05) is 73.5 Å². The van der Waals surface area contributed by atoms with Gasteiger partial charge in [0.05, 0.1) is 78.5 Å². The summed E-state index contributed by atoms with van der Waals surface area (Å²) in [5, 5.41) is 108. The molecule has 33 heteroatoms. The number of anilines is 1. The minimum atomic E-state index is -1.65. The van der Waals surface area contributed by atoms with Crippen molar-refractivity contribution in [1.29, 1.82) is 0 Å². The number of fused-ring (bicyclic) bond motifs is 10. The molecule has 8 bridgehead atoms. The molecule has 5 aliphatic rings. The van der Waals surface area contributed by atoms with Gasteiger partial charge in [0.2, 0.25) is 0 Å². The molecule has 2 aliphatic carbocycles. The molecule has 8 heterocycles. The quantitative estimate of drug-likeness (QED) is 0.00493. The van der Waals surface area contributed by atoms with Gasteiger partial charge in [-0.15, -0.1) is 10.2 Å². The Labute approximate surface area is 623 Å². The molecular weight excluding hydrogens is 1450 g/mol. The van der Waals surface area contributed by atoms with E-state index in [1.807, 2.05) is 36.0 Å². The van der Waals surface area contributed by atoms with Crippen molar-refractivity contribution in [3.63, 3.8) is 0 Å². The molecule has 9 atom stereocenters. The second kappa shape index (κ2) is 36.2. The number of esters is 1. The van der Waals surface area contributed by atoms with Crippen LogP contribution in [0.2, 0.25) is 0 Å². The molecule has 14 rings (SSSR count). The maximum atomic E-state index is 17.0. The molecule has 0 radical (unpaired) electrons. The Morgan fingerprint density at radius 2 is 1.20 bits per heavy atom. The lowest BCUT2D eigenvalue weighted by Crippen LogP contribution is -2.59. The van der Waals surface area contributed by atoms with Crippen LogP contribution in [-0.2, 0) is 52.5 Å². The van der Waals surface area contributed by atoms with Crippen LogP contribution in [0.25, 0.3) is 101 Å². The van der Waals surface area contributed by atoms with Crippen molar-refractivity contribution in [2.75, 3.05) is 50.2 Å². The molecule has 1 saturated heterocycles. The monoisotopic (exact) mass is 1520 g/mol. The van der Waals surface area contributed by atoms with Crippen LogP contribution in [-0.4, -0.2) is 184 Å². The average molecular weight is 1530 g/mol. The number of halogens is 4. The molecule has 3 aliphatic heterocycles. The van der Waals surface area contributed by atoms with E-state index in [9.17, 15) is 35.4 Å². The normalized spacial score (nSPS) is 19.1. The van der Waals surface area contributed by atoms with E-state index in [0.717, 1.165) is 31.4 Å². The maximum absolute atomic E-state index is 17.0. The van der Waals surface area contributed by atoms with Crippen LogP contribution in [0.15, 0.2) is 108 Å². The maximum Gasteiger partial charge on any atom is 0.305 e. The van der Waals surface area contributed by atoms with Crippen molar-refractivity contribution >= 4 is 79.6 Å². The van der Waals surface area contributed by atoms with Gasteiger partial charge in [-0.2, -0.15) is 0 Å². The largest absolute Gasteiger partial charge is 0.508 e. The third kappa shape index (κ3) is 18.5. The number of phenols is 3. The summed E-state index contributed by atoms with van der Waals surface area (Å²) < 4.78 is 86.4. The number of carbonyl (C=O) groups is 1. The number of aromatic hydroxyl groups is 3. The van der Waals surface area contributed by atoms with Gasteiger partial charge in [0.1, 0.15) is 53.0 Å². The summed E-state index contributed by atoms with van der Waals surface area (Å²) in [6.45, 7) is 1.31. The minimum absolute atomic E-state index is 0.0243. The first kappa shape index (κ1) is 78.9. The Morgan fingerprint density at radius 1 is 0.704 bits per heavy atom. The topological polar surface area (TPSA) is 406 Å². The van der Waals surface area contributed by atoms with E-state index in [-0.39, 0.29) is 71.9 Å². The summed E-state index contributed by atoms with van der Waals surface area (Å²) >= 11 is 0. The first-order valence-electron chi connectivity index (χ1n) is 34.5. The van der Waals surface area contributed by atoms with Crippen molar-refractivity contribution in [2.45, 2.75) is 88.9 Å². The lowest BCUT2D eigenvalue weighted by molar-refractivity contribution is -0.304. The molecule has 0 amide bonds. The number of carbonyl (C=O) groups excluding carboxylic acids is 1. The number of ether oxygens (including phenoxy) is 3. The number of aromatic amines is 2. The third-order valence-corrected chi connectivity index (χ3v) is 21.0. The van der Waals surface area contributed by atoms with Crippen LogP contribution < -0.4 is 5.32 Å². The van der Waals surface area contributed by atoms with Gasteiger partial charge in [0, 0.05) is 94.8 Å². The standard InChI is InChI=1S/C61H52F4N8O5S2.C10H17N3O6.C3H8O2.CH3N3/c1-73-50-24-14-39-38(13-15-41(50)71-72-73)40(39)31-78-51(77)12-5-26-79-80-27-25-66-61-59(64)57(62)56(58(63)60(61)65)55-48-22-20-46(69-48)53(33-7-3-10-36(75)29-33)44-18-16-42(67-44)52(32-6-2-9-35(74)28-32)43-17-19-45(68-43)54(47-21-23-49(55)70-47)34-8-4-11-37(76)30-34;1-13-2-5(11-12-13)4-18-10-9(17)8(16)7(15)6(3-14)19-10;1-3(5)2-4;1-3-4-2/h2-4,6-11,16-23,28-30,38-40,66-67,70,74-76H,5,12-15,24-27,31H2,1H3;2,6-10,14-17H,3-4H2,1H3;3-5H,2H2,1H3;1H3/t38-,39+,40+;6?,7-,8+,9?,10+;;/m01../s1. The molecule has 0 spiro atoms. The van der Waals surface area contributed by atoms with Gasteiger partial charge in [-0.05, 0) is 164 Å². The molecule has 568 valence electrons. The highest BCUT2D eigenvalue weighted by Gasteiger charge is 2.50. The number of phenolic OH excluding ortho intramolecular Hbond substituents is 3. The molecule has 5 aromatic heterocycles. The number of hydrogen-bond donors (Lipinski definition) is 12. The van der Waals surface area contributed by atoms with Crippen LogP contribution in [0.1, 0.15) is 72.5 Å². The van der Waals surface area contributed by atoms with E-state index in [2.05, 4.69) is 45.9 Å². The Morgan fingerprint density at radius 3 is 1.69 bits per heavy atom. The lowest BCUT2D eigenvalue weighted by Gasteiger charge is -2.39. The van der Waals surface area contributed by atoms with Crippen molar-refractivity contribution in [3.05, 3.63) is 177 Å². The van der Waals surface area contributed by atoms with E-state index in [4.69, 9.17) is 45.0 Å². The molecule has 108 heavy (non-hydrogen) atoms. The smallest absolute Gasteiger partial charge is 0.305 e. The summed E-state index contributed by atoms with van der Waals surface area (Å²) in [5.74, 6) is -4.49. The number of aromatic nitrogens is 10. The number of aryl methyl sites for hydroxylation is 3. The number of nitrogens with one attached hydrogen (secondary N) is 3. The zero-order valence-electron chi connectivity index (χ0n) is 58.9. The van der Waals surface area contributed by atoms with Crippen LogP contribution in [0.5, 0.6) is 17.2 Å². The van der Waals surface area contributed by atoms with Crippen LogP contribution in [0.3, 0.4) is 0 Å². The third-order valence-electron chi connectivity index (χ3n) is 18.5. The highest BCUT2D eigenvalue weighted by molar-refractivity contribution is 8.76. The number of aliphatic hydroxyl groups is 6. The van der Waals surface area contributed by atoms with Gasteiger partial charge >= 0.3 is 5.97 Å². The minimum Gasteiger partial charge on any atom is -0.508 e. The predicted octanol–water partition coefficient (Wildman–Crippen LogP) is 11.1. The molecule has 12 N–H and O–H groups in total. The number of rotatable bonds is 20. The zero-order chi connectivity index (χ0) is 76.9. The number of nitrogens with zero attached hydrogens (tertiary/aromatic N) is 11. The summed E-state index contributed by atoms with van der Waals surface area (Å²) in [7, 11) is 7.87. The number of aliphatic hydroxyl groups excluding tert-OH is 6. The first-order valence-corrected chi connectivity index (χ1v) is 37.0. The van der Waals surface area contributed by atoms with E-state index in [1.54, 1.807) is 86.1 Å². The van der Waals surface area contributed by atoms with Crippen molar-refractivity contribution in [1.82, 2.24) is 49.9 Å². The molecular formula is C75H80F4N14O13S2. The highest BCUT2D eigenvalue weighted by Crippen LogP contribution is 2.53. The number of benzene rings is 4. The first-order chi connectivity index (χ1) is 52.1. The molecule has 4 aromatic carbocycles. The van der Waals surface area contributed by atoms with Crippen molar-refractivity contribution < 1.29 is 82.5 Å². The average Bonchev–Trinajstić information content (AvgIpc) is 1.73. The lowest BCUT2D eigenvalue weighted by atomic mass is 9.99. The molecule has 9 aromatic rings. The Balaban J connectivity index is 0.000000348. The van der Waals surface area contributed by atoms with Gasteiger partial charge in [-0.3, -0.25) is 14.2 Å². The molecule has 27 nitrogen and oxygen atoms in total. The SMILES string of the molecule is CC(O)CO.CN=[N+]=[N-].Cn1cc(CO[C@H]2OC(CO)[C@@H](O)[C@H](O)C2O)nn1.Cn1nnc2c1CC[C@@H]1[C@H](CC2)[C@H]1COC(=O)CCCSSCCNc1c(F)c(F)c(-c2c3nc(c(-c4cccc(O)c4)c4ccc([nH]4)c(-c4cccc(O)c4)c4nc(c(-c5cccc(O)c5)c5ccc2[nH]5)C=C4)C=C3)c(F)c1F. The Kier molecular flexibility index (Phi) is 26.4. The summed E-state index contributed by atoms with van der Waals surface area (Å²) in [5.41, 5.74) is 13.8. The fraction of sp³-hybridized carbons (Fsp3) is 0.347. The van der Waals surface area contributed by atoms with E-state index >= 15 is 17.6 Å². The van der Waals surface area contributed by atoms with Gasteiger partial charge in [-0.25, -0.2) is 27.5 Å². The van der Waals surface area contributed by atoms with Gasteiger partial charge in [0.15, 0.2) is 29.6 Å². The molecule has 3 unspecified atom stereocenters. The number of azide groups is 1. The van der Waals surface area contributed by atoms with E-state index in [0.29, 0.717) is 109 Å². The molecule has 1 saturated carbocycles. The Hall–Kier alpha value is -10.2. The van der Waals surface area contributed by atoms with Crippen LogP contribution >= 0.6 is 21.6 Å². The fourth-order valence-electron chi connectivity index (χ4n) is 13.2.